The number of hydrogen-bond acceptors (Lipinski definition) is 5. The smallest absolute Gasteiger partial charge is 0.222 e. The van der Waals surface area contributed by atoms with E-state index in [2.05, 4.69) is 21.8 Å². The van der Waals surface area contributed by atoms with E-state index >= 15 is 0 Å². The van der Waals surface area contributed by atoms with Gasteiger partial charge in [-0.2, -0.15) is 4.98 Å². The minimum atomic E-state index is 0.0605. The van der Waals surface area contributed by atoms with Crippen molar-refractivity contribution >= 4 is 23.4 Å². The lowest BCUT2D eigenvalue weighted by Gasteiger charge is -2.08. The minimum absolute atomic E-state index is 0.0605. The zero-order valence-corrected chi connectivity index (χ0v) is 13.2. The van der Waals surface area contributed by atoms with Crippen molar-refractivity contribution in [1.82, 2.24) is 9.97 Å². The molecule has 0 bridgehead atoms. The van der Waals surface area contributed by atoms with Crippen LogP contribution >= 0.6 is 11.6 Å². The predicted molar refractivity (Wildman–Crippen MR) is 95.4 cm³/mol. The first-order valence-electron chi connectivity index (χ1n) is 7.03. The average Bonchev–Trinajstić information content (AvgIpc) is 2.53. The largest absolute Gasteiger partial charge is 0.508 e. The van der Waals surface area contributed by atoms with E-state index in [4.69, 9.17) is 23.1 Å². The molecule has 0 radical (unpaired) electrons. The molecule has 1 aromatic heterocycles. The van der Waals surface area contributed by atoms with E-state index in [9.17, 15) is 5.11 Å². The Balaban J connectivity index is 2.15. The van der Waals surface area contributed by atoms with Crippen molar-refractivity contribution in [3.63, 3.8) is 0 Å². The third-order valence-corrected chi connectivity index (χ3v) is 3.47. The Morgan fingerprint density at radius 3 is 2.50 bits per heavy atom. The zero-order valence-electron chi connectivity index (χ0n) is 12.5. The van der Waals surface area contributed by atoms with E-state index in [0.29, 0.717) is 21.8 Å². The second-order valence-electron chi connectivity index (χ2n) is 5.00. The molecule has 3 aromatic rings. The van der Waals surface area contributed by atoms with E-state index in [1.165, 1.54) is 0 Å². The van der Waals surface area contributed by atoms with Crippen LogP contribution in [0.1, 0.15) is 11.1 Å². The molecule has 0 saturated heterocycles. The Labute approximate surface area is 143 Å². The monoisotopic (exact) mass is 336 g/mol. The molecule has 0 amide bonds. The van der Waals surface area contributed by atoms with Crippen molar-refractivity contribution < 1.29 is 5.11 Å². The summed E-state index contributed by atoms with van der Waals surface area (Å²) in [6, 6.07) is 13.8. The molecule has 5 nitrogen and oxygen atoms in total. The number of nitrogen functional groups attached to an aromatic ring is 2. The van der Waals surface area contributed by atoms with Crippen LogP contribution < -0.4 is 11.5 Å². The number of hydrogen-bond donors (Lipinski definition) is 3. The normalized spacial score (nSPS) is 10.0. The van der Waals surface area contributed by atoms with Crippen LogP contribution in [-0.4, -0.2) is 15.1 Å². The highest BCUT2D eigenvalue weighted by molar-refractivity contribution is 6.30. The van der Waals surface area contributed by atoms with Crippen LogP contribution in [0, 0.1) is 11.8 Å². The van der Waals surface area contributed by atoms with E-state index in [0.717, 1.165) is 5.56 Å². The van der Waals surface area contributed by atoms with E-state index < -0.39 is 0 Å². The first kappa shape index (κ1) is 15.7. The maximum atomic E-state index is 9.52. The van der Waals surface area contributed by atoms with Gasteiger partial charge in [-0.3, -0.25) is 0 Å². The van der Waals surface area contributed by atoms with Crippen molar-refractivity contribution in [1.29, 1.82) is 0 Å². The molecule has 0 fully saturated rings. The van der Waals surface area contributed by atoms with E-state index in [-0.39, 0.29) is 17.5 Å². The van der Waals surface area contributed by atoms with Gasteiger partial charge in [0.15, 0.2) is 0 Å². The number of nitrogens with zero attached hydrogens (tertiary/aromatic N) is 2. The summed E-state index contributed by atoms with van der Waals surface area (Å²) in [5.41, 5.74) is 14.0. The van der Waals surface area contributed by atoms with Crippen LogP contribution in [0.2, 0.25) is 5.02 Å². The number of aromatic nitrogens is 2. The second-order valence-corrected chi connectivity index (χ2v) is 5.44. The Bertz CT molecular complexity index is 976. The van der Waals surface area contributed by atoms with Gasteiger partial charge in [0, 0.05) is 16.1 Å². The Morgan fingerprint density at radius 2 is 1.75 bits per heavy atom. The first-order valence-corrected chi connectivity index (χ1v) is 7.41. The first-order chi connectivity index (χ1) is 11.5. The van der Waals surface area contributed by atoms with Gasteiger partial charge in [0.1, 0.15) is 11.6 Å². The van der Waals surface area contributed by atoms with Gasteiger partial charge in [-0.1, -0.05) is 41.6 Å². The minimum Gasteiger partial charge on any atom is -0.508 e. The Morgan fingerprint density at radius 1 is 0.958 bits per heavy atom. The molecule has 0 saturated carbocycles. The molecule has 0 aliphatic rings. The Hall–Kier alpha value is -3.23. The summed E-state index contributed by atoms with van der Waals surface area (Å²) < 4.78 is 0. The van der Waals surface area contributed by atoms with Gasteiger partial charge in [0.2, 0.25) is 5.95 Å². The van der Waals surface area contributed by atoms with Gasteiger partial charge in [0.05, 0.1) is 11.3 Å². The fraction of sp³-hybridized carbons (Fsp3) is 0. The number of aromatic hydroxyl groups is 1. The van der Waals surface area contributed by atoms with Crippen molar-refractivity contribution in [3.05, 3.63) is 64.7 Å². The summed E-state index contributed by atoms with van der Waals surface area (Å²) in [5, 5.41) is 10.1. The third-order valence-electron chi connectivity index (χ3n) is 3.23. The number of phenols is 1. The molecule has 0 spiro atoms. The number of benzene rings is 2. The highest BCUT2D eigenvalue weighted by Crippen LogP contribution is 2.27. The molecular formula is C18H13ClN4O. The molecule has 0 atom stereocenters. The van der Waals surface area contributed by atoms with Crippen LogP contribution in [-0.2, 0) is 0 Å². The Kier molecular flexibility index (Phi) is 4.23. The van der Waals surface area contributed by atoms with E-state index in [1.54, 1.807) is 42.5 Å². The summed E-state index contributed by atoms with van der Waals surface area (Å²) in [5.74, 6) is 6.29. The predicted octanol–water partition coefficient (Wildman–Crippen LogP) is 3.07. The van der Waals surface area contributed by atoms with Gasteiger partial charge in [-0.15, -0.1) is 0 Å². The van der Waals surface area contributed by atoms with Gasteiger partial charge >= 0.3 is 0 Å². The number of nitrogens with two attached hydrogens (primary N) is 2. The summed E-state index contributed by atoms with van der Waals surface area (Å²) in [4.78, 5) is 8.22. The lowest BCUT2D eigenvalue weighted by atomic mass is 10.1. The number of phenolic OH excluding ortho intramolecular Hbond substituents is 1. The SMILES string of the molecule is Nc1nc(N)c(C#Cc2cccc(O)c2)c(-c2cccc(Cl)c2)n1. The van der Waals surface area contributed by atoms with Gasteiger partial charge in [-0.05, 0) is 30.3 Å². The molecule has 24 heavy (non-hydrogen) atoms. The number of halogens is 1. The lowest BCUT2D eigenvalue weighted by molar-refractivity contribution is 0.475. The molecule has 2 aromatic carbocycles. The van der Waals surface area contributed by atoms with Gasteiger partial charge < -0.3 is 16.6 Å². The van der Waals surface area contributed by atoms with Crippen LogP contribution in [0.4, 0.5) is 11.8 Å². The summed E-state index contributed by atoms with van der Waals surface area (Å²) in [6.07, 6.45) is 0. The van der Waals surface area contributed by atoms with Crippen LogP contribution in [0.3, 0.4) is 0 Å². The van der Waals surface area contributed by atoms with Crippen molar-refractivity contribution in [2.24, 2.45) is 0 Å². The molecular weight excluding hydrogens is 324 g/mol. The fourth-order valence-electron chi connectivity index (χ4n) is 2.18. The average molecular weight is 337 g/mol. The van der Waals surface area contributed by atoms with Crippen molar-refractivity contribution in [2.75, 3.05) is 11.5 Å². The molecule has 0 aliphatic heterocycles. The van der Waals surface area contributed by atoms with Gasteiger partial charge in [0.25, 0.3) is 0 Å². The second kappa shape index (κ2) is 6.49. The molecule has 3 rings (SSSR count). The molecule has 118 valence electrons. The van der Waals surface area contributed by atoms with Crippen molar-refractivity contribution in [2.45, 2.75) is 0 Å². The van der Waals surface area contributed by atoms with Crippen LogP contribution in [0.25, 0.3) is 11.3 Å². The maximum Gasteiger partial charge on any atom is 0.222 e. The van der Waals surface area contributed by atoms with E-state index in [1.807, 2.05) is 6.07 Å². The highest BCUT2D eigenvalue weighted by atomic mass is 35.5. The lowest BCUT2D eigenvalue weighted by Crippen LogP contribution is -2.05. The van der Waals surface area contributed by atoms with Crippen LogP contribution in [0.5, 0.6) is 5.75 Å². The zero-order chi connectivity index (χ0) is 17.1. The standard InChI is InChI=1S/C18H13ClN4O/c19-13-5-2-4-12(10-13)16-15(17(20)23-18(21)22-16)8-7-11-3-1-6-14(24)9-11/h1-6,9-10,24H,(H4,20,21,22,23). The number of anilines is 2. The third kappa shape index (κ3) is 3.40. The summed E-state index contributed by atoms with van der Waals surface area (Å²) in [6.45, 7) is 0. The molecule has 0 unspecified atom stereocenters. The highest BCUT2D eigenvalue weighted by Gasteiger charge is 2.12. The maximum absolute atomic E-state index is 9.52. The quantitative estimate of drug-likeness (QED) is 0.593. The van der Waals surface area contributed by atoms with Crippen molar-refractivity contribution in [3.8, 4) is 28.8 Å². The molecule has 6 heteroatoms. The fourth-order valence-corrected chi connectivity index (χ4v) is 2.37. The number of rotatable bonds is 1. The summed E-state index contributed by atoms with van der Waals surface area (Å²) in [7, 11) is 0. The topological polar surface area (TPSA) is 98.0 Å². The van der Waals surface area contributed by atoms with Crippen LogP contribution in [0.15, 0.2) is 48.5 Å². The summed E-state index contributed by atoms with van der Waals surface area (Å²) >= 11 is 6.05. The molecule has 0 aliphatic carbocycles. The van der Waals surface area contributed by atoms with Gasteiger partial charge in [-0.25, -0.2) is 4.98 Å². The molecule has 1 heterocycles. The molecule has 5 N–H and O–H groups in total.